The van der Waals surface area contributed by atoms with Gasteiger partial charge >= 0.3 is 0 Å². The van der Waals surface area contributed by atoms with Crippen molar-refractivity contribution in [2.24, 2.45) is 0 Å². The predicted molar refractivity (Wildman–Crippen MR) is 152 cm³/mol. The molecule has 7 nitrogen and oxygen atoms in total. The first kappa shape index (κ1) is 29.5. The Morgan fingerprint density at radius 3 is 2.24 bits per heavy atom. The van der Waals surface area contributed by atoms with Crippen LogP contribution in [0.4, 0.5) is 5.69 Å². The van der Waals surface area contributed by atoms with E-state index in [1.165, 1.54) is 35.2 Å². The van der Waals surface area contributed by atoms with E-state index in [0.717, 1.165) is 15.4 Å². The Labute approximate surface area is 234 Å². The van der Waals surface area contributed by atoms with Crippen molar-refractivity contribution < 1.29 is 18.0 Å². The predicted octanol–water partition coefficient (Wildman–Crippen LogP) is 5.44. The second-order valence-electron chi connectivity index (χ2n) is 9.27. The van der Waals surface area contributed by atoms with Gasteiger partial charge in [0.1, 0.15) is 12.6 Å². The monoisotopic (exact) mass is 575 g/mol. The molecule has 0 saturated carbocycles. The second kappa shape index (κ2) is 12.7. The lowest BCUT2D eigenvalue weighted by molar-refractivity contribution is -0.139. The van der Waals surface area contributed by atoms with E-state index in [9.17, 15) is 18.0 Å². The van der Waals surface area contributed by atoms with Crippen molar-refractivity contribution in [2.75, 3.05) is 10.8 Å². The summed E-state index contributed by atoms with van der Waals surface area (Å²) in [7, 11) is -4.22. The molecular weight excluding hydrogens is 545 g/mol. The average molecular weight is 577 g/mol. The van der Waals surface area contributed by atoms with Gasteiger partial charge in [-0.2, -0.15) is 0 Å². The maximum Gasteiger partial charge on any atom is 0.264 e. The molecule has 3 aromatic carbocycles. The lowest BCUT2D eigenvalue weighted by Gasteiger charge is -2.32. The summed E-state index contributed by atoms with van der Waals surface area (Å²) in [5.41, 5.74) is 1.86. The molecule has 0 fully saturated rings. The van der Waals surface area contributed by atoms with Crippen LogP contribution in [0.3, 0.4) is 0 Å². The fourth-order valence-electron chi connectivity index (χ4n) is 3.90. The number of carbonyl (C=O) groups is 2. The molecule has 0 bridgehead atoms. The quantitative estimate of drug-likeness (QED) is 0.348. The number of benzene rings is 3. The highest BCUT2D eigenvalue weighted by Gasteiger charge is 2.33. The summed E-state index contributed by atoms with van der Waals surface area (Å²) < 4.78 is 28.5. The summed E-state index contributed by atoms with van der Waals surface area (Å²) in [6.45, 7) is 6.71. The lowest BCUT2D eigenvalue weighted by Crippen LogP contribution is -2.52. The number of hydrogen-bond donors (Lipinski definition) is 1. The molecule has 0 heterocycles. The van der Waals surface area contributed by atoms with E-state index < -0.39 is 28.5 Å². The summed E-state index contributed by atoms with van der Waals surface area (Å²) in [4.78, 5) is 28.2. The van der Waals surface area contributed by atoms with Crippen LogP contribution in [-0.4, -0.2) is 43.8 Å². The van der Waals surface area contributed by atoms with Crippen molar-refractivity contribution >= 4 is 50.7 Å². The number of anilines is 1. The third-order valence-electron chi connectivity index (χ3n) is 5.82. The normalized spacial score (nSPS) is 12.2. The number of sulfonamides is 1. The Hall–Kier alpha value is -3.07. The Kier molecular flexibility index (Phi) is 9.82. The number of amides is 2. The van der Waals surface area contributed by atoms with Gasteiger partial charge in [0.05, 0.1) is 15.6 Å². The molecule has 1 atom stereocenters. The summed E-state index contributed by atoms with van der Waals surface area (Å²) in [6, 6.07) is 18.7. The molecule has 1 N–H and O–H groups in total. The van der Waals surface area contributed by atoms with Crippen LogP contribution in [0.25, 0.3) is 0 Å². The van der Waals surface area contributed by atoms with E-state index in [0.29, 0.717) is 0 Å². The SMILES string of the molecule is Cc1cccc(CN(C(=O)CN(c2cc(Cl)ccc2Cl)S(=O)(=O)c2ccccc2)[C@H](C)C(=O)NC(C)C)c1. The van der Waals surface area contributed by atoms with E-state index in [1.54, 1.807) is 25.1 Å². The first-order valence-corrected chi connectivity index (χ1v) is 14.3. The van der Waals surface area contributed by atoms with Gasteiger partial charge in [0, 0.05) is 17.6 Å². The highest BCUT2D eigenvalue weighted by atomic mass is 35.5. The van der Waals surface area contributed by atoms with E-state index >= 15 is 0 Å². The molecule has 0 aliphatic rings. The minimum Gasteiger partial charge on any atom is -0.352 e. The van der Waals surface area contributed by atoms with Crippen LogP contribution in [0.2, 0.25) is 10.0 Å². The highest BCUT2D eigenvalue weighted by Crippen LogP contribution is 2.33. The van der Waals surface area contributed by atoms with Crippen LogP contribution in [0, 0.1) is 6.92 Å². The van der Waals surface area contributed by atoms with Crippen molar-refractivity contribution in [1.29, 1.82) is 0 Å². The summed E-state index contributed by atoms with van der Waals surface area (Å²) in [5.74, 6) is -0.923. The van der Waals surface area contributed by atoms with Gasteiger partial charge in [-0.25, -0.2) is 8.42 Å². The Bertz CT molecular complexity index is 1400. The number of nitrogens with one attached hydrogen (secondary N) is 1. The van der Waals surface area contributed by atoms with Gasteiger partial charge < -0.3 is 10.2 Å². The second-order valence-corrected chi connectivity index (χ2v) is 12.0. The van der Waals surface area contributed by atoms with Gasteiger partial charge in [-0.15, -0.1) is 0 Å². The first-order valence-electron chi connectivity index (χ1n) is 12.1. The number of carbonyl (C=O) groups excluding carboxylic acids is 2. The molecule has 0 saturated heterocycles. The average Bonchev–Trinajstić information content (AvgIpc) is 2.87. The molecule has 3 rings (SSSR count). The number of nitrogens with zero attached hydrogens (tertiary/aromatic N) is 2. The van der Waals surface area contributed by atoms with Crippen LogP contribution in [-0.2, 0) is 26.2 Å². The topological polar surface area (TPSA) is 86.8 Å². The molecular formula is C28H31Cl2N3O4S. The largest absolute Gasteiger partial charge is 0.352 e. The van der Waals surface area contributed by atoms with Gasteiger partial charge in [-0.3, -0.25) is 13.9 Å². The van der Waals surface area contributed by atoms with E-state index in [-0.39, 0.29) is 39.1 Å². The van der Waals surface area contributed by atoms with E-state index in [2.05, 4.69) is 5.32 Å². The number of aryl methyl sites for hydroxylation is 1. The maximum absolute atomic E-state index is 13.9. The molecule has 0 radical (unpaired) electrons. The zero-order valence-corrected chi connectivity index (χ0v) is 24.0. The highest BCUT2D eigenvalue weighted by molar-refractivity contribution is 7.92. The van der Waals surface area contributed by atoms with Gasteiger partial charge in [-0.05, 0) is 63.6 Å². The molecule has 0 unspecified atom stereocenters. The van der Waals surface area contributed by atoms with Crippen molar-refractivity contribution in [1.82, 2.24) is 10.2 Å². The number of hydrogen-bond acceptors (Lipinski definition) is 4. The molecule has 202 valence electrons. The van der Waals surface area contributed by atoms with Crippen LogP contribution in [0.15, 0.2) is 77.7 Å². The fraction of sp³-hybridized carbons (Fsp3) is 0.286. The standard InChI is InChI=1S/C28H31Cl2N3O4S/c1-19(2)31-28(35)21(4)32(17-22-10-8-9-20(3)15-22)27(34)18-33(26-16-23(29)13-14-25(26)30)38(36,37)24-11-6-5-7-12-24/h5-16,19,21H,17-18H2,1-4H3,(H,31,35)/t21-/m1/s1. The van der Waals surface area contributed by atoms with Crippen molar-refractivity contribution in [3.05, 3.63) is 94.0 Å². The number of halogens is 2. The van der Waals surface area contributed by atoms with Gasteiger partial charge in [0.2, 0.25) is 11.8 Å². The van der Waals surface area contributed by atoms with E-state index in [4.69, 9.17) is 23.2 Å². The van der Waals surface area contributed by atoms with Crippen LogP contribution in [0.1, 0.15) is 31.9 Å². The first-order chi connectivity index (χ1) is 17.9. The number of rotatable bonds is 10. The Morgan fingerprint density at radius 1 is 0.921 bits per heavy atom. The molecule has 2 amide bonds. The minimum atomic E-state index is -4.22. The smallest absolute Gasteiger partial charge is 0.264 e. The van der Waals surface area contributed by atoms with Crippen LogP contribution < -0.4 is 9.62 Å². The van der Waals surface area contributed by atoms with Gasteiger partial charge in [0.25, 0.3) is 10.0 Å². The van der Waals surface area contributed by atoms with E-state index in [1.807, 2.05) is 45.0 Å². The molecule has 0 aromatic heterocycles. The maximum atomic E-state index is 13.9. The Balaban J connectivity index is 2.07. The van der Waals surface area contributed by atoms with Gasteiger partial charge in [-0.1, -0.05) is 71.2 Å². The molecule has 3 aromatic rings. The molecule has 0 aliphatic heterocycles. The van der Waals surface area contributed by atoms with Crippen molar-refractivity contribution in [3.8, 4) is 0 Å². The van der Waals surface area contributed by atoms with Crippen molar-refractivity contribution in [3.63, 3.8) is 0 Å². The molecule has 10 heteroatoms. The lowest BCUT2D eigenvalue weighted by atomic mass is 10.1. The van der Waals surface area contributed by atoms with Crippen molar-refractivity contribution in [2.45, 2.75) is 51.2 Å². The molecule has 0 aliphatic carbocycles. The third kappa shape index (κ3) is 7.28. The summed E-state index contributed by atoms with van der Waals surface area (Å²) in [5, 5.41) is 3.19. The zero-order valence-electron chi connectivity index (χ0n) is 21.7. The minimum absolute atomic E-state index is 0.0142. The van der Waals surface area contributed by atoms with Crippen LogP contribution >= 0.6 is 23.2 Å². The summed E-state index contributed by atoms with van der Waals surface area (Å²) >= 11 is 12.6. The van der Waals surface area contributed by atoms with Gasteiger partial charge in [0.15, 0.2) is 0 Å². The molecule has 38 heavy (non-hydrogen) atoms. The summed E-state index contributed by atoms with van der Waals surface area (Å²) in [6.07, 6.45) is 0. The Morgan fingerprint density at radius 2 is 1.61 bits per heavy atom. The van der Waals surface area contributed by atoms with Crippen LogP contribution in [0.5, 0.6) is 0 Å². The zero-order chi connectivity index (χ0) is 28.0. The fourth-order valence-corrected chi connectivity index (χ4v) is 5.79. The molecule has 0 spiro atoms. The third-order valence-corrected chi connectivity index (χ3v) is 8.15.